The van der Waals surface area contributed by atoms with Crippen molar-refractivity contribution in [3.05, 3.63) is 0 Å². The van der Waals surface area contributed by atoms with Crippen LogP contribution < -0.4 is 5.73 Å². The van der Waals surface area contributed by atoms with Crippen LogP contribution in [0.4, 0.5) is 13.2 Å². The standard InChI is InChI=1S/C9H17F3N2O2/c1-14(5-7(13)6-16-2)8(15)3-4-9(10,11)12/h7H,3-6,13H2,1-2H3. The van der Waals surface area contributed by atoms with Gasteiger partial charge in [0, 0.05) is 33.2 Å². The molecule has 0 aromatic heterocycles. The Morgan fingerprint density at radius 2 is 2.06 bits per heavy atom. The molecule has 0 aliphatic rings. The molecule has 0 radical (unpaired) electrons. The minimum atomic E-state index is -4.30. The molecule has 0 aliphatic carbocycles. The molecule has 0 rings (SSSR count). The Morgan fingerprint density at radius 3 is 2.50 bits per heavy atom. The van der Waals surface area contributed by atoms with Crippen LogP contribution in [-0.2, 0) is 9.53 Å². The van der Waals surface area contributed by atoms with Crippen LogP contribution in [0.2, 0.25) is 0 Å². The topological polar surface area (TPSA) is 55.6 Å². The van der Waals surface area contributed by atoms with Crippen molar-refractivity contribution in [1.82, 2.24) is 4.90 Å². The molecule has 1 amide bonds. The number of likely N-dealkylation sites (N-methyl/N-ethyl adjacent to an activating group) is 1. The maximum atomic E-state index is 11.8. The van der Waals surface area contributed by atoms with Gasteiger partial charge in [-0.1, -0.05) is 0 Å². The van der Waals surface area contributed by atoms with Crippen LogP contribution in [0.15, 0.2) is 0 Å². The predicted molar refractivity (Wildman–Crippen MR) is 52.8 cm³/mol. The molecule has 1 atom stereocenters. The minimum absolute atomic E-state index is 0.185. The Bertz CT molecular complexity index is 221. The third kappa shape index (κ3) is 7.47. The maximum Gasteiger partial charge on any atom is 0.389 e. The number of hydrogen-bond donors (Lipinski definition) is 1. The van der Waals surface area contributed by atoms with Crippen molar-refractivity contribution in [3.8, 4) is 0 Å². The number of carbonyl (C=O) groups excluding carboxylic acids is 1. The first kappa shape index (κ1) is 15.2. The van der Waals surface area contributed by atoms with Gasteiger partial charge < -0.3 is 15.4 Å². The van der Waals surface area contributed by atoms with Crippen LogP contribution in [0.1, 0.15) is 12.8 Å². The summed E-state index contributed by atoms with van der Waals surface area (Å²) in [4.78, 5) is 12.4. The molecule has 0 aromatic rings. The first-order chi connectivity index (χ1) is 7.26. The highest BCUT2D eigenvalue weighted by Crippen LogP contribution is 2.21. The average Bonchev–Trinajstić information content (AvgIpc) is 2.13. The van der Waals surface area contributed by atoms with E-state index < -0.39 is 24.9 Å². The molecule has 0 saturated heterocycles. The molecule has 0 fully saturated rings. The molecule has 0 heterocycles. The van der Waals surface area contributed by atoms with Crippen molar-refractivity contribution < 1.29 is 22.7 Å². The van der Waals surface area contributed by atoms with E-state index in [0.717, 1.165) is 0 Å². The molecular weight excluding hydrogens is 225 g/mol. The van der Waals surface area contributed by atoms with Gasteiger partial charge in [0.25, 0.3) is 0 Å². The SMILES string of the molecule is COCC(N)CN(C)C(=O)CCC(F)(F)F. The number of alkyl halides is 3. The number of nitrogens with two attached hydrogens (primary N) is 1. The van der Waals surface area contributed by atoms with Crippen molar-refractivity contribution >= 4 is 5.91 Å². The van der Waals surface area contributed by atoms with Crippen LogP contribution >= 0.6 is 0 Å². The summed E-state index contributed by atoms with van der Waals surface area (Å²) in [6.07, 6.45) is -5.94. The van der Waals surface area contributed by atoms with Gasteiger partial charge in [0.2, 0.25) is 5.91 Å². The van der Waals surface area contributed by atoms with E-state index in [2.05, 4.69) is 0 Å². The molecule has 7 heteroatoms. The molecule has 96 valence electrons. The second kappa shape index (κ2) is 6.70. The number of rotatable bonds is 6. The first-order valence-electron chi connectivity index (χ1n) is 4.81. The van der Waals surface area contributed by atoms with Crippen molar-refractivity contribution in [1.29, 1.82) is 0 Å². The number of amides is 1. The molecule has 0 spiro atoms. The minimum Gasteiger partial charge on any atom is -0.383 e. The summed E-state index contributed by atoms with van der Waals surface area (Å²) >= 11 is 0. The van der Waals surface area contributed by atoms with Gasteiger partial charge in [-0.15, -0.1) is 0 Å². The normalized spacial score (nSPS) is 13.6. The first-order valence-corrected chi connectivity index (χ1v) is 4.81. The third-order valence-corrected chi connectivity index (χ3v) is 1.94. The molecule has 4 nitrogen and oxygen atoms in total. The lowest BCUT2D eigenvalue weighted by molar-refractivity contribution is -0.148. The monoisotopic (exact) mass is 242 g/mol. The Balaban J connectivity index is 3.90. The molecule has 0 saturated carbocycles. The molecular formula is C9H17F3N2O2. The van der Waals surface area contributed by atoms with Gasteiger partial charge in [-0.05, 0) is 0 Å². The quantitative estimate of drug-likeness (QED) is 0.748. The van der Waals surface area contributed by atoms with Crippen LogP contribution in [0.5, 0.6) is 0 Å². The Kier molecular flexibility index (Phi) is 6.35. The van der Waals surface area contributed by atoms with E-state index in [9.17, 15) is 18.0 Å². The molecule has 0 aromatic carbocycles. The second-order valence-corrected chi connectivity index (χ2v) is 3.60. The van der Waals surface area contributed by atoms with Crippen LogP contribution in [0.3, 0.4) is 0 Å². The average molecular weight is 242 g/mol. The summed E-state index contributed by atoms with van der Waals surface area (Å²) in [6, 6.07) is -0.384. The van der Waals surface area contributed by atoms with Gasteiger partial charge in [-0.25, -0.2) is 0 Å². The van der Waals surface area contributed by atoms with E-state index in [1.54, 1.807) is 0 Å². The zero-order valence-electron chi connectivity index (χ0n) is 9.38. The van der Waals surface area contributed by atoms with E-state index in [1.807, 2.05) is 0 Å². The number of hydrogen-bond acceptors (Lipinski definition) is 3. The van der Waals surface area contributed by atoms with E-state index in [1.165, 1.54) is 19.1 Å². The third-order valence-electron chi connectivity index (χ3n) is 1.94. The van der Waals surface area contributed by atoms with Gasteiger partial charge in [0.05, 0.1) is 13.0 Å². The van der Waals surface area contributed by atoms with Crippen molar-refractivity contribution in [2.75, 3.05) is 27.3 Å². The van der Waals surface area contributed by atoms with Gasteiger partial charge in [-0.2, -0.15) is 13.2 Å². The lowest BCUT2D eigenvalue weighted by atomic mass is 10.2. The van der Waals surface area contributed by atoms with Gasteiger partial charge in [0.15, 0.2) is 0 Å². The Hall–Kier alpha value is -0.820. The number of carbonyl (C=O) groups is 1. The van der Waals surface area contributed by atoms with E-state index in [-0.39, 0.29) is 19.2 Å². The maximum absolute atomic E-state index is 11.8. The van der Waals surface area contributed by atoms with E-state index >= 15 is 0 Å². The zero-order chi connectivity index (χ0) is 12.8. The highest BCUT2D eigenvalue weighted by Gasteiger charge is 2.28. The number of methoxy groups -OCH3 is 1. The smallest absolute Gasteiger partial charge is 0.383 e. The summed E-state index contributed by atoms with van der Waals surface area (Å²) in [7, 11) is 2.89. The van der Waals surface area contributed by atoms with Crippen LogP contribution in [-0.4, -0.2) is 50.3 Å². The zero-order valence-corrected chi connectivity index (χ0v) is 9.38. The summed E-state index contributed by atoms with van der Waals surface area (Å²) in [5, 5.41) is 0. The van der Waals surface area contributed by atoms with Crippen molar-refractivity contribution in [2.45, 2.75) is 25.1 Å². The number of halogens is 3. The summed E-state index contributed by atoms with van der Waals surface area (Å²) in [5.74, 6) is -0.566. The highest BCUT2D eigenvalue weighted by atomic mass is 19.4. The Labute approximate surface area is 92.5 Å². The predicted octanol–water partition coefficient (Wildman–Crippen LogP) is 0.761. The van der Waals surface area contributed by atoms with Crippen LogP contribution in [0, 0.1) is 0 Å². The fourth-order valence-corrected chi connectivity index (χ4v) is 1.16. The summed E-state index contributed by atoms with van der Waals surface area (Å²) < 4.78 is 40.3. The summed E-state index contributed by atoms with van der Waals surface area (Å²) in [5.41, 5.74) is 5.56. The molecule has 1 unspecified atom stereocenters. The number of nitrogens with zero attached hydrogens (tertiary/aromatic N) is 1. The Morgan fingerprint density at radius 1 is 1.50 bits per heavy atom. The molecule has 0 bridgehead atoms. The van der Waals surface area contributed by atoms with E-state index in [0.29, 0.717) is 0 Å². The van der Waals surface area contributed by atoms with Crippen molar-refractivity contribution in [2.24, 2.45) is 5.73 Å². The fraction of sp³-hybridized carbons (Fsp3) is 0.889. The van der Waals surface area contributed by atoms with E-state index in [4.69, 9.17) is 10.5 Å². The summed E-state index contributed by atoms with van der Waals surface area (Å²) in [6.45, 7) is 0.446. The lowest BCUT2D eigenvalue weighted by Gasteiger charge is -2.21. The molecule has 2 N–H and O–H groups in total. The van der Waals surface area contributed by atoms with Gasteiger partial charge in [0.1, 0.15) is 0 Å². The van der Waals surface area contributed by atoms with Gasteiger partial charge >= 0.3 is 6.18 Å². The molecule has 16 heavy (non-hydrogen) atoms. The lowest BCUT2D eigenvalue weighted by Crippen LogP contribution is -2.41. The largest absolute Gasteiger partial charge is 0.389 e. The number of ether oxygens (including phenoxy) is 1. The van der Waals surface area contributed by atoms with Crippen molar-refractivity contribution in [3.63, 3.8) is 0 Å². The fourth-order valence-electron chi connectivity index (χ4n) is 1.16. The van der Waals surface area contributed by atoms with Gasteiger partial charge in [-0.3, -0.25) is 4.79 Å². The highest BCUT2D eigenvalue weighted by molar-refractivity contribution is 5.75. The van der Waals surface area contributed by atoms with Crippen LogP contribution in [0.25, 0.3) is 0 Å². The molecule has 0 aliphatic heterocycles. The second-order valence-electron chi connectivity index (χ2n) is 3.60.